The van der Waals surface area contributed by atoms with E-state index < -0.39 is 5.60 Å². The standard InChI is InChI=1S/C13H17NO/c1-2-13(15,12-9-6-10-14-12)11-7-4-3-5-8-11/h2-5,7-8,12,14-15H,1,6,9-10H2/t12-,13+/m0/s1. The van der Waals surface area contributed by atoms with Gasteiger partial charge in [-0.2, -0.15) is 0 Å². The molecule has 0 bridgehead atoms. The van der Waals surface area contributed by atoms with E-state index >= 15 is 0 Å². The number of rotatable bonds is 3. The van der Waals surface area contributed by atoms with Gasteiger partial charge in [0.1, 0.15) is 5.60 Å². The minimum atomic E-state index is -0.933. The van der Waals surface area contributed by atoms with Crippen molar-refractivity contribution >= 4 is 0 Å². The summed E-state index contributed by atoms with van der Waals surface area (Å²) in [6, 6.07) is 9.83. The lowest BCUT2D eigenvalue weighted by atomic mass is 9.85. The summed E-state index contributed by atoms with van der Waals surface area (Å²) in [6.45, 7) is 4.74. The van der Waals surface area contributed by atoms with Crippen molar-refractivity contribution in [1.29, 1.82) is 0 Å². The Morgan fingerprint density at radius 3 is 2.67 bits per heavy atom. The molecule has 2 N–H and O–H groups in total. The molecule has 0 spiro atoms. The molecule has 0 amide bonds. The van der Waals surface area contributed by atoms with Crippen LogP contribution in [0.1, 0.15) is 18.4 Å². The van der Waals surface area contributed by atoms with Crippen LogP contribution in [0.15, 0.2) is 43.0 Å². The number of nitrogens with one attached hydrogen (secondary N) is 1. The van der Waals surface area contributed by atoms with Crippen molar-refractivity contribution in [3.05, 3.63) is 48.6 Å². The first-order chi connectivity index (χ1) is 7.27. The second-order valence-corrected chi connectivity index (χ2v) is 4.04. The van der Waals surface area contributed by atoms with Gasteiger partial charge in [-0.1, -0.05) is 43.0 Å². The predicted octanol–water partition coefficient (Wildman–Crippen LogP) is 1.81. The van der Waals surface area contributed by atoms with Crippen molar-refractivity contribution in [2.75, 3.05) is 6.54 Å². The van der Waals surface area contributed by atoms with Gasteiger partial charge in [0.2, 0.25) is 0 Å². The molecule has 80 valence electrons. The highest BCUT2D eigenvalue weighted by atomic mass is 16.3. The summed E-state index contributed by atoms with van der Waals surface area (Å²) in [5.74, 6) is 0. The lowest BCUT2D eigenvalue weighted by molar-refractivity contribution is 0.0527. The Morgan fingerprint density at radius 1 is 1.40 bits per heavy atom. The van der Waals surface area contributed by atoms with E-state index in [1.54, 1.807) is 6.08 Å². The second-order valence-electron chi connectivity index (χ2n) is 4.04. The van der Waals surface area contributed by atoms with Crippen molar-refractivity contribution in [3.63, 3.8) is 0 Å². The molecule has 0 saturated carbocycles. The average molecular weight is 203 g/mol. The molecule has 15 heavy (non-hydrogen) atoms. The van der Waals surface area contributed by atoms with Crippen LogP contribution in [0.5, 0.6) is 0 Å². The molecule has 1 saturated heterocycles. The zero-order valence-electron chi connectivity index (χ0n) is 8.82. The van der Waals surface area contributed by atoms with Gasteiger partial charge < -0.3 is 10.4 Å². The van der Waals surface area contributed by atoms with Gasteiger partial charge in [0.05, 0.1) is 0 Å². The molecule has 0 aliphatic carbocycles. The Balaban J connectivity index is 2.32. The third-order valence-electron chi connectivity index (χ3n) is 3.14. The molecule has 0 unspecified atom stereocenters. The van der Waals surface area contributed by atoms with Crippen LogP contribution < -0.4 is 5.32 Å². The largest absolute Gasteiger partial charge is 0.379 e. The van der Waals surface area contributed by atoms with Crippen LogP contribution >= 0.6 is 0 Å². The van der Waals surface area contributed by atoms with Crippen molar-refractivity contribution in [1.82, 2.24) is 5.32 Å². The molecule has 2 heteroatoms. The van der Waals surface area contributed by atoms with E-state index in [-0.39, 0.29) is 6.04 Å². The topological polar surface area (TPSA) is 32.3 Å². The van der Waals surface area contributed by atoms with Gasteiger partial charge >= 0.3 is 0 Å². The van der Waals surface area contributed by atoms with E-state index in [2.05, 4.69) is 11.9 Å². The predicted molar refractivity (Wildman–Crippen MR) is 61.6 cm³/mol. The quantitative estimate of drug-likeness (QED) is 0.734. The summed E-state index contributed by atoms with van der Waals surface area (Å²) in [5.41, 5.74) is -0.0167. The molecule has 1 aromatic rings. The molecule has 2 atom stereocenters. The number of aliphatic hydroxyl groups is 1. The highest BCUT2D eigenvalue weighted by Crippen LogP contribution is 2.30. The van der Waals surface area contributed by atoms with Gasteiger partial charge in [-0.3, -0.25) is 0 Å². The number of hydrogen-bond acceptors (Lipinski definition) is 2. The van der Waals surface area contributed by atoms with E-state index in [1.807, 2.05) is 30.3 Å². The third kappa shape index (κ3) is 1.83. The maximum absolute atomic E-state index is 10.6. The Labute approximate surface area is 90.6 Å². The van der Waals surface area contributed by atoms with Crippen molar-refractivity contribution in [2.45, 2.75) is 24.5 Å². The van der Waals surface area contributed by atoms with Gasteiger partial charge in [-0.25, -0.2) is 0 Å². The highest BCUT2D eigenvalue weighted by molar-refractivity contribution is 5.29. The Kier molecular flexibility index (Phi) is 2.89. The molecule has 0 radical (unpaired) electrons. The van der Waals surface area contributed by atoms with E-state index in [1.165, 1.54) is 0 Å². The van der Waals surface area contributed by atoms with Gasteiger partial charge in [-0.15, -0.1) is 0 Å². The minimum Gasteiger partial charge on any atom is -0.379 e. The van der Waals surface area contributed by atoms with Crippen LogP contribution in [0.4, 0.5) is 0 Å². The van der Waals surface area contributed by atoms with Crippen LogP contribution in [-0.4, -0.2) is 17.7 Å². The van der Waals surface area contributed by atoms with E-state index in [0.29, 0.717) is 0 Å². The molecule has 0 aromatic heterocycles. The van der Waals surface area contributed by atoms with Crippen molar-refractivity contribution in [3.8, 4) is 0 Å². The van der Waals surface area contributed by atoms with E-state index in [0.717, 1.165) is 24.9 Å². The third-order valence-corrected chi connectivity index (χ3v) is 3.14. The van der Waals surface area contributed by atoms with Crippen molar-refractivity contribution < 1.29 is 5.11 Å². The fraction of sp³-hybridized carbons (Fsp3) is 0.385. The van der Waals surface area contributed by atoms with Crippen LogP contribution in [0, 0.1) is 0 Å². The van der Waals surface area contributed by atoms with Crippen LogP contribution in [0.3, 0.4) is 0 Å². The van der Waals surface area contributed by atoms with Crippen LogP contribution in [0.25, 0.3) is 0 Å². The van der Waals surface area contributed by atoms with Crippen molar-refractivity contribution in [2.24, 2.45) is 0 Å². The SMILES string of the molecule is C=C[C@@](O)(c1ccccc1)[C@@H]1CCCN1. The fourth-order valence-electron chi connectivity index (χ4n) is 2.23. The lowest BCUT2D eigenvalue weighted by Gasteiger charge is -2.31. The first-order valence-corrected chi connectivity index (χ1v) is 5.42. The molecular weight excluding hydrogens is 186 g/mol. The molecule has 2 rings (SSSR count). The number of hydrogen-bond donors (Lipinski definition) is 2. The zero-order chi connectivity index (χ0) is 10.7. The first-order valence-electron chi connectivity index (χ1n) is 5.42. The normalized spacial score (nSPS) is 24.7. The van der Waals surface area contributed by atoms with E-state index in [4.69, 9.17) is 0 Å². The summed E-state index contributed by atoms with van der Waals surface area (Å²) in [5, 5.41) is 13.9. The van der Waals surface area contributed by atoms with Gasteiger partial charge in [0.15, 0.2) is 0 Å². The summed E-state index contributed by atoms with van der Waals surface area (Å²) >= 11 is 0. The maximum Gasteiger partial charge on any atom is 0.123 e. The first kappa shape index (κ1) is 10.4. The Hall–Kier alpha value is -1.12. The van der Waals surface area contributed by atoms with Gasteiger partial charge in [-0.05, 0) is 24.9 Å². The fourth-order valence-corrected chi connectivity index (χ4v) is 2.23. The molecule has 1 aromatic carbocycles. The highest BCUT2D eigenvalue weighted by Gasteiger charge is 2.36. The van der Waals surface area contributed by atoms with Crippen LogP contribution in [-0.2, 0) is 5.60 Å². The van der Waals surface area contributed by atoms with Gasteiger partial charge in [0, 0.05) is 6.04 Å². The smallest absolute Gasteiger partial charge is 0.123 e. The summed E-state index contributed by atoms with van der Waals surface area (Å²) in [4.78, 5) is 0. The average Bonchev–Trinajstić information content (AvgIpc) is 2.83. The molecule has 1 fully saturated rings. The summed E-state index contributed by atoms with van der Waals surface area (Å²) < 4.78 is 0. The molecule has 1 heterocycles. The maximum atomic E-state index is 10.6. The second kappa shape index (κ2) is 4.17. The molecule has 1 aliphatic rings. The summed E-state index contributed by atoms with van der Waals surface area (Å²) in [7, 11) is 0. The minimum absolute atomic E-state index is 0.0948. The van der Waals surface area contributed by atoms with E-state index in [9.17, 15) is 5.11 Å². The number of benzene rings is 1. The molecular formula is C13H17NO. The van der Waals surface area contributed by atoms with Gasteiger partial charge in [0.25, 0.3) is 0 Å². The monoisotopic (exact) mass is 203 g/mol. The lowest BCUT2D eigenvalue weighted by Crippen LogP contribution is -2.43. The Bertz CT molecular complexity index is 330. The zero-order valence-corrected chi connectivity index (χ0v) is 8.82. The molecule has 2 nitrogen and oxygen atoms in total. The Morgan fingerprint density at radius 2 is 2.13 bits per heavy atom. The van der Waals surface area contributed by atoms with Crippen LogP contribution in [0.2, 0.25) is 0 Å². The summed E-state index contributed by atoms with van der Waals surface area (Å²) in [6.07, 6.45) is 3.76. The molecule has 1 aliphatic heterocycles.